The number of hydrogen-bond acceptors (Lipinski definition) is 5. The number of ether oxygens (including phenoxy) is 1. The summed E-state index contributed by atoms with van der Waals surface area (Å²) in [4.78, 5) is 47.9. The second kappa shape index (κ2) is 8.64. The molecule has 7 heteroatoms. The van der Waals surface area contributed by atoms with Gasteiger partial charge in [-0.05, 0) is 38.5 Å². The van der Waals surface area contributed by atoms with Crippen LogP contribution < -0.4 is 10.6 Å². The van der Waals surface area contributed by atoms with Gasteiger partial charge < -0.3 is 10.1 Å². The maximum atomic E-state index is 12.2. The molecule has 1 unspecified atom stereocenters. The van der Waals surface area contributed by atoms with E-state index < -0.39 is 24.5 Å². The minimum Gasteiger partial charge on any atom is -0.455 e. The van der Waals surface area contributed by atoms with Crippen molar-refractivity contribution in [2.24, 2.45) is 17.8 Å². The van der Waals surface area contributed by atoms with Crippen molar-refractivity contribution in [1.82, 2.24) is 10.6 Å². The summed E-state index contributed by atoms with van der Waals surface area (Å²) in [6.07, 6.45) is 9.01. The molecule has 3 fully saturated rings. The van der Waals surface area contributed by atoms with Crippen LogP contribution in [-0.4, -0.2) is 36.3 Å². The van der Waals surface area contributed by atoms with E-state index >= 15 is 0 Å². The number of carbonyl (C=O) groups is 4. The third kappa shape index (κ3) is 4.83. The van der Waals surface area contributed by atoms with Crippen molar-refractivity contribution in [3.63, 3.8) is 0 Å². The lowest BCUT2D eigenvalue weighted by atomic mass is 9.67. The highest BCUT2D eigenvalue weighted by Gasteiger charge is 2.41. The summed E-state index contributed by atoms with van der Waals surface area (Å²) in [5.41, 5.74) is 0. The van der Waals surface area contributed by atoms with Crippen LogP contribution in [0.2, 0.25) is 0 Å². The molecule has 3 atom stereocenters. The molecule has 26 heavy (non-hydrogen) atoms. The van der Waals surface area contributed by atoms with E-state index in [0.717, 1.165) is 44.9 Å². The van der Waals surface area contributed by atoms with Crippen LogP contribution in [0.1, 0.15) is 64.2 Å². The molecular weight excluding hydrogens is 336 g/mol. The standard InChI is InChI=1S/C19H28N2O5/c22-16(21-19(25)20-15-7-2-1-3-8-15)11-26-18(24)14-9-12-5-4-6-13(10-14)17(12)23/h12-15H,1-11H2,(H2,20,21,22,25)/t12-,13+,14?. The predicted octanol–water partition coefficient (Wildman–Crippen LogP) is 2.08. The van der Waals surface area contributed by atoms with Gasteiger partial charge in [0.2, 0.25) is 0 Å². The van der Waals surface area contributed by atoms with Crippen molar-refractivity contribution in [3.05, 3.63) is 0 Å². The zero-order valence-electron chi connectivity index (χ0n) is 15.1. The number of nitrogens with one attached hydrogen (secondary N) is 2. The van der Waals surface area contributed by atoms with Crippen LogP contribution in [0, 0.1) is 17.8 Å². The monoisotopic (exact) mass is 364 g/mol. The highest BCUT2D eigenvalue weighted by Crippen LogP contribution is 2.40. The summed E-state index contributed by atoms with van der Waals surface area (Å²) in [6.45, 7) is -0.462. The van der Waals surface area contributed by atoms with Crippen LogP contribution in [0.3, 0.4) is 0 Å². The average molecular weight is 364 g/mol. The molecule has 0 heterocycles. The highest BCUT2D eigenvalue weighted by molar-refractivity contribution is 5.95. The molecule has 0 aromatic heterocycles. The van der Waals surface area contributed by atoms with Gasteiger partial charge in [-0.1, -0.05) is 25.7 Å². The van der Waals surface area contributed by atoms with E-state index in [2.05, 4.69) is 10.6 Å². The lowest BCUT2D eigenvalue weighted by Gasteiger charge is -2.36. The number of imide groups is 1. The predicted molar refractivity (Wildman–Crippen MR) is 93.1 cm³/mol. The zero-order valence-corrected chi connectivity index (χ0v) is 15.1. The molecule has 3 saturated carbocycles. The second-order valence-electron chi connectivity index (χ2n) is 7.86. The Morgan fingerprint density at radius 2 is 1.58 bits per heavy atom. The Hall–Kier alpha value is -1.92. The van der Waals surface area contributed by atoms with E-state index in [4.69, 9.17) is 4.74 Å². The molecule has 3 rings (SSSR count). The first-order chi connectivity index (χ1) is 12.5. The fourth-order valence-electron chi connectivity index (χ4n) is 4.56. The fraction of sp³-hybridized carbons (Fsp3) is 0.789. The first kappa shape index (κ1) is 18.9. The number of carbonyl (C=O) groups excluding carboxylic acids is 4. The van der Waals surface area contributed by atoms with Crippen molar-refractivity contribution >= 4 is 23.7 Å². The van der Waals surface area contributed by atoms with Crippen molar-refractivity contribution in [2.75, 3.05) is 6.61 Å². The van der Waals surface area contributed by atoms with E-state index in [-0.39, 0.29) is 29.6 Å². The Bertz CT molecular complexity index is 554. The number of amides is 3. The van der Waals surface area contributed by atoms with Gasteiger partial charge in [0.05, 0.1) is 5.92 Å². The Labute approximate surface area is 153 Å². The quantitative estimate of drug-likeness (QED) is 0.744. The summed E-state index contributed by atoms with van der Waals surface area (Å²) in [7, 11) is 0. The molecule has 0 radical (unpaired) electrons. The molecule has 2 bridgehead atoms. The second-order valence-corrected chi connectivity index (χ2v) is 7.86. The van der Waals surface area contributed by atoms with Gasteiger partial charge in [-0.3, -0.25) is 19.7 Å². The van der Waals surface area contributed by atoms with E-state index in [0.29, 0.717) is 12.8 Å². The minimum atomic E-state index is -0.626. The van der Waals surface area contributed by atoms with Gasteiger partial charge in [-0.25, -0.2) is 4.79 Å². The molecule has 0 spiro atoms. The smallest absolute Gasteiger partial charge is 0.321 e. The first-order valence-electron chi connectivity index (χ1n) is 9.83. The highest BCUT2D eigenvalue weighted by atomic mass is 16.5. The van der Waals surface area contributed by atoms with Crippen molar-refractivity contribution < 1.29 is 23.9 Å². The van der Waals surface area contributed by atoms with E-state index in [9.17, 15) is 19.2 Å². The molecule has 2 N–H and O–H groups in total. The van der Waals surface area contributed by atoms with Gasteiger partial charge >= 0.3 is 12.0 Å². The first-order valence-corrected chi connectivity index (χ1v) is 9.83. The number of rotatable bonds is 4. The molecule has 0 aliphatic heterocycles. The molecule has 3 amide bonds. The normalized spacial score (nSPS) is 28.9. The van der Waals surface area contributed by atoms with Gasteiger partial charge in [0.1, 0.15) is 5.78 Å². The van der Waals surface area contributed by atoms with Gasteiger partial charge in [-0.2, -0.15) is 0 Å². The summed E-state index contributed by atoms with van der Waals surface area (Å²) in [5, 5.41) is 5.00. The number of fused-ring (bicyclic) bond motifs is 2. The molecule has 3 aliphatic rings. The molecule has 7 nitrogen and oxygen atoms in total. The van der Waals surface area contributed by atoms with Crippen LogP contribution >= 0.6 is 0 Å². The topological polar surface area (TPSA) is 102 Å². The zero-order chi connectivity index (χ0) is 18.5. The van der Waals surface area contributed by atoms with E-state index in [1.807, 2.05) is 0 Å². The largest absolute Gasteiger partial charge is 0.455 e. The molecule has 0 aromatic rings. The average Bonchev–Trinajstić information content (AvgIpc) is 2.60. The third-order valence-corrected chi connectivity index (χ3v) is 5.92. The van der Waals surface area contributed by atoms with Crippen LogP contribution in [0.4, 0.5) is 4.79 Å². The minimum absolute atomic E-state index is 0.0323. The van der Waals surface area contributed by atoms with Gasteiger partial charge in [0, 0.05) is 17.9 Å². The lowest BCUT2D eigenvalue weighted by Crippen LogP contribution is -2.46. The molecular formula is C19H28N2O5. The van der Waals surface area contributed by atoms with Crippen LogP contribution in [-0.2, 0) is 19.1 Å². The Morgan fingerprint density at radius 3 is 2.23 bits per heavy atom. The number of ketones is 1. The Balaban J connectivity index is 1.38. The molecule has 144 valence electrons. The van der Waals surface area contributed by atoms with Gasteiger partial charge in [0.25, 0.3) is 5.91 Å². The van der Waals surface area contributed by atoms with Crippen LogP contribution in [0.5, 0.6) is 0 Å². The Morgan fingerprint density at radius 1 is 0.923 bits per heavy atom. The third-order valence-electron chi connectivity index (χ3n) is 5.92. The molecule has 0 aromatic carbocycles. The lowest BCUT2D eigenvalue weighted by molar-refractivity contribution is -0.156. The maximum absolute atomic E-state index is 12.2. The molecule has 0 saturated heterocycles. The van der Waals surface area contributed by atoms with Crippen molar-refractivity contribution in [2.45, 2.75) is 70.3 Å². The van der Waals surface area contributed by atoms with E-state index in [1.165, 1.54) is 6.42 Å². The Kier molecular flexibility index (Phi) is 6.27. The van der Waals surface area contributed by atoms with Gasteiger partial charge in [-0.15, -0.1) is 0 Å². The summed E-state index contributed by atoms with van der Waals surface area (Å²) in [5.74, 6) is -1.15. The number of Topliss-reactive ketones (excluding diaryl/α,β-unsaturated/α-hetero) is 1. The SMILES string of the molecule is O=C(COC(=O)C1C[C@H]2CCC[C@@H](C1)C2=O)NC(=O)NC1CCCCC1. The summed E-state index contributed by atoms with van der Waals surface area (Å²) in [6, 6.07) is -0.422. The number of esters is 1. The maximum Gasteiger partial charge on any atom is 0.321 e. The number of hydrogen-bond donors (Lipinski definition) is 2. The van der Waals surface area contributed by atoms with Crippen LogP contribution in [0.25, 0.3) is 0 Å². The molecule has 3 aliphatic carbocycles. The van der Waals surface area contributed by atoms with Crippen LogP contribution in [0.15, 0.2) is 0 Å². The number of urea groups is 1. The van der Waals surface area contributed by atoms with E-state index in [1.54, 1.807) is 0 Å². The van der Waals surface area contributed by atoms with Gasteiger partial charge in [0.15, 0.2) is 6.61 Å². The fourth-order valence-corrected chi connectivity index (χ4v) is 4.56. The summed E-state index contributed by atoms with van der Waals surface area (Å²) < 4.78 is 5.09. The van der Waals surface area contributed by atoms with Crippen molar-refractivity contribution in [3.8, 4) is 0 Å². The summed E-state index contributed by atoms with van der Waals surface area (Å²) >= 11 is 0. The van der Waals surface area contributed by atoms with Crippen molar-refractivity contribution in [1.29, 1.82) is 0 Å².